The standard InChI is InChI=1S/C21H24N2O3S/c24-18(19-7-3-14-27-19)10-11-20(25)22-12-4-13-23-21(26)17-9-8-15-5-1-2-6-16(15)17/h1-3,5-7,14,17H,4,8-13H2,(H,22,25)(H,23,26)/t17-/m1/s1. The highest BCUT2D eigenvalue weighted by Gasteiger charge is 2.27. The van der Waals surface area contributed by atoms with Crippen molar-refractivity contribution in [2.45, 2.75) is 38.0 Å². The summed E-state index contributed by atoms with van der Waals surface area (Å²) in [5.74, 6) is -0.118. The van der Waals surface area contributed by atoms with Crippen molar-refractivity contribution in [2.24, 2.45) is 0 Å². The van der Waals surface area contributed by atoms with E-state index in [9.17, 15) is 14.4 Å². The number of aryl methyl sites for hydroxylation is 1. The molecule has 2 aromatic rings. The molecule has 0 unspecified atom stereocenters. The summed E-state index contributed by atoms with van der Waals surface area (Å²) in [4.78, 5) is 36.7. The minimum absolute atomic E-state index is 0.00394. The molecule has 1 aliphatic rings. The highest BCUT2D eigenvalue weighted by atomic mass is 32.1. The number of hydrogen-bond acceptors (Lipinski definition) is 4. The Morgan fingerprint density at radius 2 is 1.81 bits per heavy atom. The van der Waals surface area contributed by atoms with Gasteiger partial charge < -0.3 is 10.6 Å². The normalized spacial score (nSPS) is 15.2. The maximum atomic E-state index is 12.4. The predicted octanol–water partition coefficient (Wildman–Crippen LogP) is 3.06. The van der Waals surface area contributed by atoms with Crippen molar-refractivity contribution in [1.82, 2.24) is 10.6 Å². The van der Waals surface area contributed by atoms with Crippen LogP contribution in [0.1, 0.15) is 52.4 Å². The second-order valence-electron chi connectivity index (χ2n) is 6.69. The first-order valence-corrected chi connectivity index (χ1v) is 10.2. The fraction of sp³-hybridized carbons (Fsp3) is 0.381. The summed E-state index contributed by atoms with van der Waals surface area (Å²) < 4.78 is 0. The number of thiophene rings is 1. The van der Waals surface area contributed by atoms with Crippen LogP contribution in [0.15, 0.2) is 41.8 Å². The van der Waals surface area contributed by atoms with Crippen LogP contribution in [0.3, 0.4) is 0 Å². The second kappa shape index (κ2) is 9.46. The van der Waals surface area contributed by atoms with Crippen molar-refractivity contribution in [3.63, 3.8) is 0 Å². The largest absolute Gasteiger partial charge is 0.356 e. The molecule has 0 spiro atoms. The van der Waals surface area contributed by atoms with E-state index in [0.29, 0.717) is 24.4 Å². The molecule has 142 valence electrons. The average molecular weight is 385 g/mol. The van der Waals surface area contributed by atoms with Gasteiger partial charge >= 0.3 is 0 Å². The average Bonchev–Trinajstić information content (AvgIpc) is 3.35. The number of Topliss-reactive ketones (excluding diaryl/α,β-unsaturated/α-hetero) is 1. The SMILES string of the molecule is O=C(CCC(=O)c1cccs1)NCCCNC(=O)[C@@H]1CCc2ccccc21. The van der Waals surface area contributed by atoms with Crippen molar-refractivity contribution in [3.8, 4) is 0 Å². The first-order valence-electron chi connectivity index (χ1n) is 9.34. The van der Waals surface area contributed by atoms with Crippen molar-refractivity contribution in [1.29, 1.82) is 0 Å². The molecule has 5 nitrogen and oxygen atoms in total. The Kier molecular flexibility index (Phi) is 6.76. The predicted molar refractivity (Wildman–Crippen MR) is 106 cm³/mol. The molecular weight excluding hydrogens is 360 g/mol. The molecule has 0 aliphatic heterocycles. The Morgan fingerprint density at radius 1 is 1.00 bits per heavy atom. The molecule has 0 saturated carbocycles. The number of amides is 2. The van der Waals surface area contributed by atoms with Crippen molar-refractivity contribution < 1.29 is 14.4 Å². The molecule has 27 heavy (non-hydrogen) atoms. The number of benzene rings is 1. The fourth-order valence-electron chi connectivity index (χ4n) is 3.36. The van der Waals surface area contributed by atoms with Crippen LogP contribution in [0.4, 0.5) is 0 Å². The van der Waals surface area contributed by atoms with Gasteiger partial charge in [-0.05, 0) is 41.8 Å². The van der Waals surface area contributed by atoms with Crippen molar-refractivity contribution in [3.05, 3.63) is 57.8 Å². The number of carbonyl (C=O) groups is 3. The molecule has 0 saturated heterocycles. The number of fused-ring (bicyclic) bond motifs is 1. The third-order valence-corrected chi connectivity index (χ3v) is 5.71. The van der Waals surface area contributed by atoms with E-state index in [1.54, 1.807) is 6.07 Å². The summed E-state index contributed by atoms with van der Waals surface area (Å²) in [7, 11) is 0. The van der Waals surface area contributed by atoms with Gasteiger partial charge in [-0.15, -0.1) is 11.3 Å². The lowest BCUT2D eigenvalue weighted by Gasteiger charge is -2.12. The minimum atomic E-state index is -0.129. The minimum Gasteiger partial charge on any atom is -0.356 e. The van der Waals surface area contributed by atoms with Gasteiger partial charge in [-0.25, -0.2) is 0 Å². The second-order valence-corrected chi connectivity index (χ2v) is 7.63. The van der Waals surface area contributed by atoms with Crippen LogP contribution in [0.25, 0.3) is 0 Å². The molecule has 2 amide bonds. The van der Waals surface area contributed by atoms with Crippen LogP contribution in [0.2, 0.25) is 0 Å². The van der Waals surface area contributed by atoms with Gasteiger partial charge in [0, 0.05) is 25.9 Å². The maximum absolute atomic E-state index is 12.4. The molecule has 0 radical (unpaired) electrons. The fourth-order valence-corrected chi connectivity index (χ4v) is 4.05. The lowest BCUT2D eigenvalue weighted by atomic mass is 10.0. The van der Waals surface area contributed by atoms with Gasteiger partial charge in [0.25, 0.3) is 0 Å². The molecule has 1 heterocycles. The van der Waals surface area contributed by atoms with Crippen LogP contribution in [-0.4, -0.2) is 30.7 Å². The van der Waals surface area contributed by atoms with E-state index < -0.39 is 0 Å². The third kappa shape index (κ3) is 5.26. The van der Waals surface area contributed by atoms with Gasteiger partial charge in [-0.1, -0.05) is 30.3 Å². The molecule has 0 fully saturated rings. The van der Waals surface area contributed by atoms with Gasteiger partial charge in [0.05, 0.1) is 10.8 Å². The van der Waals surface area contributed by atoms with Gasteiger partial charge in [-0.3, -0.25) is 14.4 Å². The van der Waals surface area contributed by atoms with E-state index >= 15 is 0 Å². The smallest absolute Gasteiger partial charge is 0.227 e. The lowest BCUT2D eigenvalue weighted by Crippen LogP contribution is -2.32. The molecule has 1 aromatic carbocycles. The molecule has 1 aliphatic carbocycles. The zero-order valence-corrected chi connectivity index (χ0v) is 16.0. The van der Waals surface area contributed by atoms with E-state index in [1.165, 1.54) is 16.9 Å². The summed E-state index contributed by atoms with van der Waals surface area (Å²) in [6.07, 6.45) is 2.91. The first kappa shape index (κ1) is 19.3. The molecule has 6 heteroatoms. The summed E-state index contributed by atoms with van der Waals surface area (Å²) in [6, 6.07) is 11.7. The van der Waals surface area contributed by atoms with E-state index in [0.717, 1.165) is 18.4 Å². The highest BCUT2D eigenvalue weighted by Crippen LogP contribution is 2.32. The van der Waals surface area contributed by atoms with E-state index in [2.05, 4.69) is 16.7 Å². The summed E-state index contributed by atoms with van der Waals surface area (Å²) in [5, 5.41) is 7.62. The summed E-state index contributed by atoms with van der Waals surface area (Å²) in [6.45, 7) is 1.03. The monoisotopic (exact) mass is 384 g/mol. The Morgan fingerprint density at radius 3 is 2.63 bits per heavy atom. The number of ketones is 1. The zero-order chi connectivity index (χ0) is 19.1. The van der Waals surface area contributed by atoms with Crippen molar-refractivity contribution >= 4 is 28.9 Å². The Balaban J connectivity index is 1.29. The maximum Gasteiger partial charge on any atom is 0.227 e. The number of rotatable bonds is 9. The van der Waals surface area contributed by atoms with E-state index in [4.69, 9.17) is 0 Å². The zero-order valence-electron chi connectivity index (χ0n) is 15.2. The molecule has 2 N–H and O–H groups in total. The van der Waals surface area contributed by atoms with Gasteiger partial charge in [0.15, 0.2) is 5.78 Å². The number of nitrogens with one attached hydrogen (secondary N) is 2. The van der Waals surface area contributed by atoms with Crippen LogP contribution in [0.5, 0.6) is 0 Å². The lowest BCUT2D eigenvalue weighted by molar-refractivity contribution is -0.122. The summed E-state index contributed by atoms with van der Waals surface area (Å²) >= 11 is 1.39. The van der Waals surface area contributed by atoms with Crippen LogP contribution in [-0.2, 0) is 16.0 Å². The summed E-state index contributed by atoms with van der Waals surface area (Å²) in [5.41, 5.74) is 2.40. The molecule has 1 aromatic heterocycles. The topological polar surface area (TPSA) is 75.3 Å². The number of carbonyl (C=O) groups excluding carboxylic acids is 3. The quantitative estimate of drug-likeness (QED) is 0.515. The van der Waals surface area contributed by atoms with E-state index in [1.807, 2.05) is 29.6 Å². The molecule has 3 rings (SSSR count). The van der Waals surface area contributed by atoms with Gasteiger partial charge in [0.2, 0.25) is 11.8 Å². The first-order chi connectivity index (χ1) is 13.1. The van der Waals surface area contributed by atoms with Crippen LogP contribution < -0.4 is 10.6 Å². The Hall–Kier alpha value is -2.47. The van der Waals surface area contributed by atoms with E-state index in [-0.39, 0.29) is 36.4 Å². The third-order valence-electron chi connectivity index (χ3n) is 4.80. The molecule has 0 bridgehead atoms. The highest BCUT2D eigenvalue weighted by molar-refractivity contribution is 7.12. The van der Waals surface area contributed by atoms with Crippen LogP contribution >= 0.6 is 11.3 Å². The van der Waals surface area contributed by atoms with Crippen LogP contribution in [0, 0.1) is 0 Å². The Labute approximate surface area is 163 Å². The van der Waals surface area contributed by atoms with Gasteiger partial charge in [0.1, 0.15) is 0 Å². The Bertz CT molecular complexity index is 802. The van der Waals surface area contributed by atoms with Gasteiger partial charge in [-0.2, -0.15) is 0 Å². The molecular formula is C21H24N2O3S. The molecule has 1 atom stereocenters. The number of hydrogen-bond donors (Lipinski definition) is 2. The van der Waals surface area contributed by atoms with Crippen molar-refractivity contribution in [2.75, 3.05) is 13.1 Å².